The van der Waals surface area contributed by atoms with Crippen LogP contribution >= 0.6 is 0 Å². The molecule has 146 valence electrons. The van der Waals surface area contributed by atoms with Gasteiger partial charge in [-0.3, -0.25) is 9.69 Å². The summed E-state index contributed by atoms with van der Waals surface area (Å²) >= 11 is 0. The molecule has 0 atom stereocenters. The molecule has 1 aromatic rings. The van der Waals surface area contributed by atoms with Crippen molar-refractivity contribution in [2.24, 2.45) is 4.99 Å². The van der Waals surface area contributed by atoms with Crippen molar-refractivity contribution in [3.8, 4) is 11.5 Å². The molecule has 0 bridgehead atoms. The Morgan fingerprint density at radius 1 is 1.15 bits per heavy atom. The Morgan fingerprint density at radius 2 is 1.85 bits per heavy atom. The minimum absolute atomic E-state index is 0.0759. The van der Waals surface area contributed by atoms with E-state index in [0.29, 0.717) is 5.75 Å². The van der Waals surface area contributed by atoms with Crippen molar-refractivity contribution in [2.45, 2.75) is 71.3 Å². The van der Waals surface area contributed by atoms with E-state index in [-0.39, 0.29) is 18.7 Å². The lowest BCUT2D eigenvalue weighted by atomic mass is 9.81. The molecule has 5 nitrogen and oxygen atoms in total. The van der Waals surface area contributed by atoms with Gasteiger partial charge in [-0.15, -0.1) is 0 Å². The molecule has 0 saturated heterocycles. The second kappa shape index (κ2) is 8.15. The number of benzene rings is 1. The molecular weight excluding hydrogens is 340 g/mol. The Bertz CT molecular complexity index is 746. The van der Waals surface area contributed by atoms with E-state index in [1.54, 1.807) is 6.21 Å². The van der Waals surface area contributed by atoms with Gasteiger partial charge >= 0.3 is 0 Å². The number of carbonyl (C=O) groups is 1. The minimum Gasteiger partial charge on any atom is -0.454 e. The lowest BCUT2D eigenvalue weighted by molar-refractivity contribution is -0.137. The van der Waals surface area contributed by atoms with E-state index in [9.17, 15) is 4.79 Å². The number of amides is 1. The van der Waals surface area contributed by atoms with Gasteiger partial charge in [0, 0.05) is 12.3 Å². The molecule has 5 heteroatoms. The summed E-state index contributed by atoms with van der Waals surface area (Å²) in [5.41, 5.74) is 0.226. The first-order valence-electron chi connectivity index (χ1n) is 9.87. The van der Waals surface area contributed by atoms with Crippen molar-refractivity contribution in [3.63, 3.8) is 0 Å². The molecule has 1 fully saturated rings. The van der Waals surface area contributed by atoms with Crippen LogP contribution in [0.25, 0.3) is 0 Å². The van der Waals surface area contributed by atoms with Crippen molar-refractivity contribution < 1.29 is 14.3 Å². The van der Waals surface area contributed by atoms with Gasteiger partial charge in [-0.1, -0.05) is 25.3 Å². The highest BCUT2D eigenvalue weighted by atomic mass is 16.7. The molecule has 1 heterocycles. The molecule has 0 radical (unpaired) electrons. The maximum atomic E-state index is 13.8. The van der Waals surface area contributed by atoms with Crippen molar-refractivity contribution in [3.05, 3.63) is 35.7 Å². The lowest BCUT2D eigenvalue weighted by Crippen LogP contribution is -2.48. The topological polar surface area (TPSA) is 51.1 Å². The number of carbonyl (C=O) groups excluding carboxylic acids is 1. The first kappa shape index (κ1) is 19.5. The fourth-order valence-corrected chi connectivity index (χ4v) is 3.91. The van der Waals surface area contributed by atoms with Crippen molar-refractivity contribution in [2.75, 3.05) is 6.79 Å². The first-order valence-corrected chi connectivity index (χ1v) is 9.87. The zero-order chi connectivity index (χ0) is 19.4. The second-order valence-corrected chi connectivity index (χ2v) is 7.69. The Balaban J connectivity index is 1.96. The fourth-order valence-electron chi connectivity index (χ4n) is 3.91. The number of rotatable bonds is 5. The predicted octanol–water partition coefficient (Wildman–Crippen LogP) is 4.81. The number of hydrogen-bond donors (Lipinski definition) is 0. The summed E-state index contributed by atoms with van der Waals surface area (Å²) in [5.74, 6) is 2.25. The van der Waals surface area contributed by atoms with E-state index in [0.717, 1.165) is 42.8 Å². The van der Waals surface area contributed by atoms with E-state index < -0.39 is 5.41 Å². The van der Waals surface area contributed by atoms with E-state index >= 15 is 0 Å². The van der Waals surface area contributed by atoms with Gasteiger partial charge in [-0.05, 0) is 64.3 Å². The monoisotopic (exact) mass is 370 g/mol. The Morgan fingerprint density at radius 3 is 2.52 bits per heavy atom. The summed E-state index contributed by atoms with van der Waals surface area (Å²) in [4.78, 5) is 20.2. The largest absolute Gasteiger partial charge is 0.454 e. The Hall–Kier alpha value is -2.30. The molecule has 1 amide bonds. The average molecular weight is 370 g/mol. The molecule has 0 unspecified atom stereocenters. The highest BCUT2D eigenvalue weighted by Gasteiger charge is 2.39. The van der Waals surface area contributed by atoms with Gasteiger partial charge in [0.15, 0.2) is 11.5 Å². The van der Waals surface area contributed by atoms with Crippen LogP contribution < -0.4 is 9.47 Å². The highest BCUT2D eigenvalue weighted by molar-refractivity contribution is 5.89. The summed E-state index contributed by atoms with van der Waals surface area (Å²) in [5, 5.41) is 0. The normalized spacial score (nSPS) is 18.1. The van der Waals surface area contributed by atoms with Gasteiger partial charge in [-0.2, -0.15) is 0 Å². The van der Waals surface area contributed by atoms with Crippen molar-refractivity contribution in [1.82, 2.24) is 4.90 Å². The Kier molecular flexibility index (Phi) is 5.88. The smallest absolute Gasteiger partial charge is 0.238 e. The van der Waals surface area contributed by atoms with Crippen LogP contribution in [0.4, 0.5) is 0 Å². The first-order chi connectivity index (χ1) is 13.0. The zero-order valence-corrected chi connectivity index (χ0v) is 16.8. The number of fused-ring (bicyclic) bond motifs is 1. The molecule has 0 N–H and O–H groups in total. The average Bonchev–Trinajstić information content (AvgIpc) is 3.16. The van der Waals surface area contributed by atoms with Crippen molar-refractivity contribution in [1.29, 1.82) is 0 Å². The van der Waals surface area contributed by atoms with Gasteiger partial charge in [0.25, 0.3) is 0 Å². The molecular formula is C22H30N2O3. The summed E-state index contributed by atoms with van der Waals surface area (Å²) in [7, 11) is 0. The summed E-state index contributed by atoms with van der Waals surface area (Å²) in [6, 6.07) is 5.98. The van der Waals surface area contributed by atoms with Crippen LogP contribution in [-0.2, 0) is 10.2 Å². The molecule has 3 rings (SSSR count). The highest BCUT2D eigenvalue weighted by Crippen LogP contribution is 2.38. The van der Waals surface area contributed by atoms with Crippen LogP contribution in [0.5, 0.6) is 11.5 Å². The quantitative estimate of drug-likeness (QED) is 0.699. The van der Waals surface area contributed by atoms with Crippen LogP contribution in [0.2, 0.25) is 0 Å². The number of aliphatic imine (C=N–C) groups is 1. The molecule has 1 aliphatic carbocycles. The van der Waals surface area contributed by atoms with Crippen LogP contribution in [0, 0.1) is 0 Å². The lowest BCUT2D eigenvalue weighted by Gasteiger charge is -2.39. The Labute approximate surface area is 162 Å². The molecule has 27 heavy (non-hydrogen) atoms. The summed E-state index contributed by atoms with van der Waals surface area (Å²) < 4.78 is 10.9. The molecule has 2 aliphatic rings. The summed E-state index contributed by atoms with van der Waals surface area (Å²) in [6.45, 7) is 8.02. The van der Waals surface area contributed by atoms with E-state index in [1.165, 1.54) is 6.42 Å². The third-order valence-corrected chi connectivity index (χ3v) is 5.55. The molecule has 0 spiro atoms. The van der Waals surface area contributed by atoms with Gasteiger partial charge in [0.2, 0.25) is 12.7 Å². The van der Waals surface area contributed by atoms with Gasteiger partial charge in [0.1, 0.15) is 5.82 Å². The number of hydrogen-bond acceptors (Lipinski definition) is 4. The second-order valence-electron chi connectivity index (χ2n) is 7.69. The van der Waals surface area contributed by atoms with Gasteiger partial charge < -0.3 is 9.47 Å². The number of allylic oxidation sites excluding steroid dienone is 1. The predicted molar refractivity (Wildman–Crippen MR) is 107 cm³/mol. The third kappa shape index (κ3) is 3.87. The maximum absolute atomic E-state index is 13.8. The minimum atomic E-state index is -0.698. The fraction of sp³-hybridized carbons (Fsp3) is 0.545. The van der Waals surface area contributed by atoms with Crippen LogP contribution in [0.15, 0.2) is 35.1 Å². The molecule has 1 aliphatic heterocycles. The van der Waals surface area contributed by atoms with Crippen LogP contribution in [-0.4, -0.2) is 29.9 Å². The zero-order valence-electron chi connectivity index (χ0n) is 16.8. The van der Waals surface area contributed by atoms with E-state index in [4.69, 9.17) is 9.47 Å². The van der Waals surface area contributed by atoms with Crippen LogP contribution in [0.1, 0.15) is 65.4 Å². The standard InChI is InChI=1S/C22H30N2O3/c1-5-20(23-6-2)24(17-10-8-7-9-11-17)21(25)22(3,4)16-12-13-18-19(14-16)27-15-26-18/h5-6,12-14,17H,7-11,15H2,1-4H3/b20-5+,23-6?. The van der Waals surface area contributed by atoms with E-state index in [1.807, 2.05) is 56.9 Å². The van der Waals surface area contributed by atoms with Crippen LogP contribution in [0.3, 0.4) is 0 Å². The maximum Gasteiger partial charge on any atom is 0.238 e. The molecule has 0 aromatic heterocycles. The van der Waals surface area contributed by atoms with Gasteiger partial charge in [-0.25, -0.2) is 4.99 Å². The molecule has 1 saturated carbocycles. The van der Waals surface area contributed by atoms with Gasteiger partial charge in [0.05, 0.1) is 5.41 Å². The number of ether oxygens (including phenoxy) is 2. The summed E-state index contributed by atoms with van der Waals surface area (Å²) in [6.07, 6.45) is 9.30. The van der Waals surface area contributed by atoms with Crippen molar-refractivity contribution >= 4 is 12.1 Å². The van der Waals surface area contributed by atoms with E-state index in [2.05, 4.69) is 4.99 Å². The molecule has 1 aromatic carbocycles. The SMILES string of the molecule is CC=N/C(=C\C)N(C(=O)C(C)(C)c1ccc2c(c1)OCO2)C1CCCCC1. The number of nitrogens with zero attached hydrogens (tertiary/aromatic N) is 2. The third-order valence-electron chi connectivity index (χ3n) is 5.55.